The molecular weight excluding hydrogens is 228 g/mol. The zero-order chi connectivity index (χ0) is 13.8. The van der Waals surface area contributed by atoms with Crippen LogP contribution in [0.15, 0.2) is 0 Å². The van der Waals surface area contributed by atoms with E-state index in [1.54, 1.807) is 4.90 Å². The average Bonchev–Trinajstić information content (AvgIpc) is 2.27. The molecule has 1 aliphatic rings. The molecule has 106 valence electrons. The van der Waals surface area contributed by atoms with Crippen LogP contribution in [0.25, 0.3) is 0 Å². The van der Waals surface area contributed by atoms with Crippen LogP contribution in [-0.4, -0.2) is 42.3 Å². The Kier molecular flexibility index (Phi) is 5.45. The molecule has 1 rings (SSSR count). The standard InChI is InChI=1S/C14H28N2O2/c1-11(10-12-8-6-7-9-15-12)16(5)13(17)18-14(2,3)4/h11-12,15H,6-10H2,1-5H3. The maximum atomic E-state index is 11.9. The third-order valence-electron chi connectivity index (χ3n) is 3.38. The number of nitrogens with zero attached hydrogens (tertiary/aromatic N) is 1. The van der Waals surface area contributed by atoms with Crippen LogP contribution >= 0.6 is 0 Å². The first-order chi connectivity index (χ1) is 8.29. The van der Waals surface area contributed by atoms with E-state index >= 15 is 0 Å². The van der Waals surface area contributed by atoms with Gasteiger partial charge in [-0.3, -0.25) is 0 Å². The van der Waals surface area contributed by atoms with Crippen LogP contribution in [0, 0.1) is 0 Å². The Morgan fingerprint density at radius 2 is 2.11 bits per heavy atom. The normalized spacial score (nSPS) is 22.4. The number of carbonyl (C=O) groups is 1. The highest BCUT2D eigenvalue weighted by molar-refractivity contribution is 5.68. The van der Waals surface area contributed by atoms with Gasteiger partial charge in [0, 0.05) is 19.1 Å². The molecule has 1 aliphatic heterocycles. The van der Waals surface area contributed by atoms with Crippen LogP contribution in [0.2, 0.25) is 0 Å². The lowest BCUT2D eigenvalue weighted by molar-refractivity contribution is 0.0220. The first-order valence-corrected chi connectivity index (χ1v) is 6.99. The van der Waals surface area contributed by atoms with Crippen molar-refractivity contribution in [3.63, 3.8) is 0 Å². The van der Waals surface area contributed by atoms with Gasteiger partial charge in [0.15, 0.2) is 0 Å². The summed E-state index contributed by atoms with van der Waals surface area (Å²) in [5.41, 5.74) is -0.422. The molecule has 1 amide bonds. The van der Waals surface area contributed by atoms with Crippen molar-refractivity contribution in [3.8, 4) is 0 Å². The van der Waals surface area contributed by atoms with Gasteiger partial charge in [0.25, 0.3) is 0 Å². The smallest absolute Gasteiger partial charge is 0.410 e. The number of carbonyl (C=O) groups excluding carboxylic acids is 1. The number of hydrogen-bond acceptors (Lipinski definition) is 3. The molecule has 0 spiro atoms. The Balaban J connectivity index is 2.39. The van der Waals surface area contributed by atoms with E-state index in [2.05, 4.69) is 12.2 Å². The van der Waals surface area contributed by atoms with Gasteiger partial charge in [-0.15, -0.1) is 0 Å². The van der Waals surface area contributed by atoms with Crippen LogP contribution in [-0.2, 0) is 4.74 Å². The summed E-state index contributed by atoms with van der Waals surface area (Å²) >= 11 is 0. The van der Waals surface area contributed by atoms with Crippen molar-refractivity contribution in [2.45, 2.75) is 71.1 Å². The van der Waals surface area contributed by atoms with E-state index in [1.807, 2.05) is 27.8 Å². The van der Waals surface area contributed by atoms with Gasteiger partial charge in [0.05, 0.1) is 0 Å². The minimum absolute atomic E-state index is 0.204. The van der Waals surface area contributed by atoms with Gasteiger partial charge in [-0.1, -0.05) is 6.42 Å². The Morgan fingerprint density at radius 3 is 2.61 bits per heavy atom. The van der Waals surface area contributed by atoms with Gasteiger partial charge >= 0.3 is 6.09 Å². The summed E-state index contributed by atoms with van der Waals surface area (Å²) in [5.74, 6) is 0. The molecule has 0 aromatic carbocycles. The van der Waals surface area contributed by atoms with E-state index in [0.717, 1.165) is 13.0 Å². The second-order valence-corrected chi connectivity index (χ2v) is 6.32. The molecule has 2 unspecified atom stereocenters. The van der Waals surface area contributed by atoms with Crippen molar-refractivity contribution in [3.05, 3.63) is 0 Å². The molecule has 0 bridgehead atoms. The topological polar surface area (TPSA) is 41.6 Å². The third-order valence-corrected chi connectivity index (χ3v) is 3.38. The minimum atomic E-state index is -0.422. The van der Waals surface area contributed by atoms with Crippen molar-refractivity contribution < 1.29 is 9.53 Å². The van der Waals surface area contributed by atoms with Gasteiger partial charge < -0.3 is 15.0 Å². The zero-order valence-electron chi connectivity index (χ0n) is 12.5. The van der Waals surface area contributed by atoms with Crippen LogP contribution < -0.4 is 5.32 Å². The molecule has 1 N–H and O–H groups in total. The SMILES string of the molecule is CC(CC1CCCCN1)N(C)C(=O)OC(C)(C)C. The summed E-state index contributed by atoms with van der Waals surface area (Å²) in [6.07, 6.45) is 4.54. The molecule has 0 radical (unpaired) electrons. The molecule has 0 aliphatic carbocycles. The number of piperidine rings is 1. The Labute approximate surface area is 111 Å². The molecular formula is C14H28N2O2. The van der Waals surface area contributed by atoms with E-state index < -0.39 is 5.60 Å². The molecule has 1 saturated heterocycles. The third kappa shape index (κ3) is 5.25. The second-order valence-electron chi connectivity index (χ2n) is 6.32. The van der Waals surface area contributed by atoms with Crippen molar-refractivity contribution in [1.29, 1.82) is 0 Å². The van der Waals surface area contributed by atoms with Crippen LogP contribution in [0.4, 0.5) is 4.79 Å². The van der Waals surface area contributed by atoms with Crippen LogP contribution in [0.1, 0.15) is 53.4 Å². The van der Waals surface area contributed by atoms with E-state index in [1.165, 1.54) is 19.3 Å². The second kappa shape index (κ2) is 6.41. The summed E-state index contributed by atoms with van der Waals surface area (Å²) in [4.78, 5) is 13.6. The first-order valence-electron chi connectivity index (χ1n) is 6.99. The lowest BCUT2D eigenvalue weighted by Gasteiger charge is -2.32. The van der Waals surface area contributed by atoms with Crippen molar-refractivity contribution in [2.24, 2.45) is 0 Å². The van der Waals surface area contributed by atoms with E-state index in [-0.39, 0.29) is 12.1 Å². The van der Waals surface area contributed by atoms with Crippen LogP contribution in [0.5, 0.6) is 0 Å². The molecule has 2 atom stereocenters. The van der Waals surface area contributed by atoms with Gasteiger partial charge in [-0.25, -0.2) is 4.79 Å². The highest BCUT2D eigenvalue weighted by Gasteiger charge is 2.25. The maximum Gasteiger partial charge on any atom is 0.410 e. The quantitative estimate of drug-likeness (QED) is 0.844. The summed E-state index contributed by atoms with van der Waals surface area (Å²) < 4.78 is 5.38. The fourth-order valence-electron chi connectivity index (χ4n) is 2.21. The summed E-state index contributed by atoms with van der Waals surface area (Å²) in [6, 6.07) is 0.745. The molecule has 1 fully saturated rings. The van der Waals surface area contributed by atoms with E-state index in [4.69, 9.17) is 4.74 Å². The van der Waals surface area contributed by atoms with E-state index in [0.29, 0.717) is 6.04 Å². The fraction of sp³-hybridized carbons (Fsp3) is 0.929. The summed E-state index contributed by atoms with van der Waals surface area (Å²) in [5, 5.41) is 3.51. The van der Waals surface area contributed by atoms with Gasteiger partial charge in [0.1, 0.15) is 5.60 Å². The van der Waals surface area contributed by atoms with Gasteiger partial charge in [-0.2, -0.15) is 0 Å². The number of rotatable bonds is 3. The molecule has 4 nitrogen and oxygen atoms in total. The number of ether oxygens (including phenoxy) is 1. The van der Waals surface area contributed by atoms with Crippen molar-refractivity contribution >= 4 is 6.09 Å². The molecule has 18 heavy (non-hydrogen) atoms. The summed E-state index contributed by atoms with van der Waals surface area (Å²) in [6.45, 7) is 8.87. The van der Waals surface area contributed by atoms with Crippen molar-refractivity contribution in [1.82, 2.24) is 10.2 Å². The number of hydrogen-bond donors (Lipinski definition) is 1. The molecule has 0 aromatic heterocycles. The Bertz CT molecular complexity index is 267. The van der Waals surface area contributed by atoms with Crippen molar-refractivity contribution in [2.75, 3.05) is 13.6 Å². The molecule has 4 heteroatoms. The Morgan fingerprint density at radius 1 is 1.44 bits per heavy atom. The zero-order valence-corrected chi connectivity index (χ0v) is 12.5. The lowest BCUT2D eigenvalue weighted by atomic mass is 9.98. The Hall–Kier alpha value is -0.770. The number of amides is 1. The fourth-order valence-corrected chi connectivity index (χ4v) is 2.21. The van der Waals surface area contributed by atoms with E-state index in [9.17, 15) is 4.79 Å². The predicted molar refractivity (Wildman–Crippen MR) is 73.7 cm³/mol. The summed E-state index contributed by atoms with van der Waals surface area (Å²) in [7, 11) is 1.82. The minimum Gasteiger partial charge on any atom is -0.444 e. The van der Waals surface area contributed by atoms with Gasteiger partial charge in [0.2, 0.25) is 0 Å². The number of nitrogens with one attached hydrogen (secondary N) is 1. The molecule has 0 aromatic rings. The molecule has 0 saturated carbocycles. The average molecular weight is 256 g/mol. The maximum absolute atomic E-state index is 11.9. The molecule has 1 heterocycles. The lowest BCUT2D eigenvalue weighted by Crippen LogP contribution is -2.44. The predicted octanol–water partition coefficient (Wildman–Crippen LogP) is 2.77. The van der Waals surface area contributed by atoms with Crippen LogP contribution in [0.3, 0.4) is 0 Å². The highest BCUT2D eigenvalue weighted by atomic mass is 16.6. The monoisotopic (exact) mass is 256 g/mol. The largest absolute Gasteiger partial charge is 0.444 e. The first kappa shape index (κ1) is 15.3. The highest BCUT2D eigenvalue weighted by Crippen LogP contribution is 2.16. The van der Waals surface area contributed by atoms with Gasteiger partial charge in [-0.05, 0) is 53.5 Å².